The van der Waals surface area contributed by atoms with E-state index in [0.717, 1.165) is 44.5 Å². The molecule has 3 nitrogen and oxygen atoms in total. The second-order valence-electron chi connectivity index (χ2n) is 7.10. The molecule has 0 radical (unpaired) electrons. The second-order valence-corrected chi connectivity index (χ2v) is 7.53. The normalized spacial score (nSPS) is 10.5. The summed E-state index contributed by atoms with van der Waals surface area (Å²) in [5.41, 5.74) is 5.47. The summed E-state index contributed by atoms with van der Waals surface area (Å²) < 4.78 is 12.1. The highest BCUT2D eigenvalue weighted by molar-refractivity contribution is 6.30. The van der Waals surface area contributed by atoms with Crippen LogP contribution >= 0.6 is 11.6 Å². The van der Waals surface area contributed by atoms with E-state index in [2.05, 4.69) is 37.0 Å². The Labute approximate surface area is 184 Å². The van der Waals surface area contributed by atoms with Crippen LogP contribution in [-0.4, -0.2) is 6.61 Å². The third-order valence-corrected chi connectivity index (χ3v) is 5.00. The highest BCUT2D eigenvalue weighted by Crippen LogP contribution is 2.35. The summed E-state index contributed by atoms with van der Waals surface area (Å²) in [5.74, 6) is 1.54. The van der Waals surface area contributed by atoms with Gasteiger partial charge in [-0.25, -0.2) is 0 Å². The van der Waals surface area contributed by atoms with Gasteiger partial charge in [0.1, 0.15) is 6.61 Å². The maximum atomic E-state index is 6.20. The average Bonchev–Trinajstić information content (AvgIpc) is 2.75. The van der Waals surface area contributed by atoms with Crippen LogP contribution in [0.15, 0.2) is 73.3 Å². The van der Waals surface area contributed by atoms with Gasteiger partial charge in [0, 0.05) is 22.8 Å². The van der Waals surface area contributed by atoms with Crippen molar-refractivity contribution < 1.29 is 9.47 Å². The maximum absolute atomic E-state index is 6.20. The fourth-order valence-corrected chi connectivity index (χ4v) is 3.44. The highest BCUT2D eigenvalue weighted by atomic mass is 35.5. The smallest absolute Gasteiger partial charge is 0.165 e. The van der Waals surface area contributed by atoms with Crippen LogP contribution in [0.3, 0.4) is 0 Å². The van der Waals surface area contributed by atoms with Crippen molar-refractivity contribution in [2.24, 2.45) is 0 Å². The Bertz CT molecular complexity index is 986. The van der Waals surface area contributed by atoms with E-state index in [1.807, 2.05) is 55.5 Å². The molecule has 30 heavy (non-hydrogen) atoms. The van der Waals surface area contributed by atoms with E-state index in [4.69, 9.17) is 21.1 Å². The van der Waals surface area contributed by atoms with Crippen molar-refractivity contribution in [1.29, 1.82) is 0 Å². The Morgan fingerprint density at radius 2 is 1.80 bits per heavy atom. The lowest BCUT2D eigenvalue weighted by atomic mass is 10.0. The molecule has 3 rings (SSSR count). The average molecular weight is 422 g/mol. The van der Waals surface area contributed by atoms with Crippen LogP contribution in [0.4, 0.5) is 5.69 Å². The van der Waals surface area contributed by atoms with E-state index in [1.165, 1.54) is 0 Å². The molecule has 0 unspecified atom stereocenters. The summed E-state index contributed by atoms with van der Waals surface area (Å²) >= 11 is 6.15. The summed E-state index contributed by atoms with van der Waals surface area (Å²) in [7, 11) is 0. The van der Waals surface area contributed by atoms with E-state index in [0.29, 0.717) is 26.2 Å². The molecule has 4 heteroatoms. The number of rotatable bonds is 10. The minimum Gasteiger partial charge on any atom is -0.490 e. The fourth-order valence-electron chi connectivity index (χ4n) is 3.27. The molecule has 0 heterocycles. The van der Waals surface area contributed by atoms with Gasteiger partial charge in [-0.2, -0.15) is 0 Å². The minimum absolute atomic E-state index is 0.490. The summed E-state index contributed by atoms with van der Waals surface area (Å²) in [6.07, 6.45) is 2.59. The van der Waals surface area contributed by atoms with Gasteiger partial charge in [-0.1, -0.05) is 54.1 Å². The summed E-state index contributed by atoms with van der Waals surface area (Å²) in [4.78, 5) is 0. The largest absolute Gasteiger partial charge is 0.490 e. The van der Waals surface area contributed by atoms with E-state index < -0.39 is 0 Å². The molecule has 0 aliphatic carbocycles. The number of nitrogens with one attached hydrogen (secondary N) is 1. The molecule has 0 amide bonds. The Balaban J connectivity index is 1.85. The van der Waals surface area contributed by atoms with Crippen LogP contribution in [0.5, 0.6) is 11.5 Å². The zero-order valence-electron chi connectivity index (χ0n) is 17.6. The molecule has 0 aromatic heterocycles. The molecular weight excluding hydrogens is 394 g/mol. The summed E-state index contributed by atoms with van der Waals surface area (Å²) in [6.45, 7) is 9.67. The van der Waals surface area contributed by atoms with Gasteiger partial charge < -0.3 is 14.8 Å². The standard InChI is InChI=1S/C26H28ClNO2/c1-4-9-22-14-21(17-28-24-16-23(27)13-12-19(24)3)15-25(29-5-2)26(22)30-18-20-10-7-6-8-11-20/h4,6-8,10-16,28H,1,5,9,17-18H2,2-3H3. The SMILES string of the molecule is C=CCc1cc(CNc2cc(Cl)ccc2C)cc(OCC)c1OCc1ccccc1. The van der Waals surface area contributed by atoms with Gasteiger partial charge >= 0.3 is 0 Å². The number of allylic oxidation sites excluding steroid dienone is 1. The van der Waals surface area contributed by atoms with Crippen LogP contribution in [0.1, 0.15) is 29.2 Å². The molecule has 0 aliphatic rings. The number of halogens is 1. The van der Waals surface area contributed by atoms with Crippen molar-refractivity contribution in [1.82, 2.24) is 0 Å². The first-order valence-electron chi connectivity index (χ1n) is 10.2. The zero-order chi connectivity index (χ0) is 21.3. The highest BCUT2D eigenvalue weighted by Gasteiger charge is 2.14. The van der Waals surface area contributed by atoms with Crippen molar-refractivity contribution in [2.45, 2.75) is 33.4 Å². The number of anilines is 1. The van der Waals surface area contributed by atoms with Crippen LogP contribution in [0.25, 0.3) is 0 Å². The Morgan fingerprint density at radius 3 is 2.53 bits per heavy atom. The molecule has 156 valence electrons. The third kappa shape index (κ3) is 5.80. The fraction of sp³-hybridized carbons (Fsp3) is 0.231. The van der Waals surface area contributed by atoms with Gasteiger partial charge in [-0.3, -0.25) is 0 Å². The quantitative estimate of drug-likeness (QED) is 0.358. The van der Waals surface area contributed by atoms with E-state index in [-0.39, 0.29) is 0 Å². The Hall–Kier alpha value is -2.91. The first kappa shape index (κ1) is 21.8. The molecule has 0 spiro atoms. The number of benzene rings is 3. The van der Waals surface area contributed by atoms with Crippen molar-refractivity contribution in [3.63, 3.8) is 0 Å². The number of hydrogen-bond donors (Lipinski definition) is 1. The lowest BCUT2D eigenvalue weighted by Crippen LogP contribution is -2.06. The number of aryl methyl sites for hydroxylation is 1. The van der Waals surface area contributed by atoms with Crippen LogP contribution in [0, 0.1) is 6.92 Å². The lowest BCUT2D eigenvalue weighted by Gasteiger charge is -2.18. The number of ether oxygens (including phenoxy) is 2. The molecule has 0 aliphatic heterocycles. The molecule has 0 fully saturated rings. The van der Waals surface area contributed by atoms with Gasteiger partial charge in [0.15, 0.2) is 11.5 Å². The van der Waals surface area contributed by atoms with Gasteiger partial charge in [-0.15, -0.1) is 6.58 Å². The van der Waals surface area contributed by atoms with Crippen molar-refractivity contribution in [3.8, 4) is 11.5 Å². The van der Waals surface area contributed by atoms with E-state index in [9.17, 15) is 0 Å². The molecule has 3 aromatic carbocycles. The summed E-state index contributed by atoms with van der Waals surface area (Å²) in [6, 6.07) is 20.2. The lowest BCUT2D eigenvalue weighted by molar-refractivity contribution is 0.267. The van der Waals surface area contributed by atoms with Crippen molar-refractivity contribution >= 4 is 17.3 Å². The first-order chi connectivity index (χ1) is 14.6. The second kappa shape index (κ2) is 10.7. The third-order valence-electron chi connectivity index (χ3n) is 4.76. The minimum atomic E-state index is 0.490. The van der Waals surface area contributed by atoms with Gasteiger partial charge in [0.2, 0.25) is 0 Å². The molecule has 1 N–H and O–H groups in total. The monoisotopic (exact) mass is 421 g/mol. The molecule has 0 bridgehead atoms. The number of hydrogen-bond acceptors (Lipinski definition) is 3. The van der Waals surface area contributed by atoms with Gasteiger partial charge in [0.25, 0.3) is 0 Å². The van der Waals surface area contributed by atoms with Crippen LogP contribution in [0.2, 0.25) is 5.02 Å². The maximum Gasteiger partial charge on any atom is 0.165 e. The predicted octanol–water partition coefficient (Wildman–Crippen LogP) is 6.97. The summed E-state index contributed by atoms with van der Waals surface area (Å²) in [5, 5.41) is 4.20. The molecule has 3 aromatic rings. The Kier molecular flexibility index (Phi) is 7.81. The molecule has 0 saturated carbocycles. The first-order valence-corrected chi connectivity index (χ1v) is 10.5. The van der Waals surface area contributed by atoms with Crippen molar-refractivity contribution in [3.05, 3.63) is 101 Å². The molecule has 0 atom stereocenters. The zero-order valence-corrected chi connectivity index (χ0v) is 18.3. The van der Waals surface area contributed by atoms with E-state index >= 15 is 0 Å². The molecular formula is C26H28ClNO2. The van der Waals surface area contributed by atoms with Crippen molar-refractivity contribution in [2.75, 3.05) is 11.9 Å². The van der Waals surface area contributed by atoms with Gasteiger partial charge in [0.05, 0.1) is 6.61 Å². The van der Waals surface area contributed by atoms with Gasteiger partial charge in [-0.05, 0) is 61.2 Å². The molecule has 0 saturated heterocycles. The van der Waals surface area contributed by atoms with Crippen LogP contribution in [-0.2, 0) is 19.6 Å². The topological polar surface area (TPSA) is 30.5 Å². The predicted molar refractivity (Wildman–Crippen MR) is 126 cm³/mol. The Morgan fingerprint density at radius 1 is 1.00 bits per heavy atom. The van der Waals surface area contributed by atoms with Crippen LogP contribution < -0.4 is 14.8 Å². The van der Waals surface area contributed by atoms with E-state index in [1.54, 1.807) is 0 Å².